The van der Waals surface area contributed by atoms with Crippen LogP contribution in [-0.4, -0.2) is 16.1 Å². The number of aryl methyl sites for hydroxylation is 2. The lowest BCUT2D eigenvalue weighted by atomic mass is 10.1. The van der Waals surface area contributed by atoms with Gasteiger partial charge >= 0.3 is 0 Å². The molecule has 0 radical (unpaired) electrons. The fourth-order valence-electron chi connectivity index (χ4n) is 1.60. The van der Waals surface area contributed by atoms with Crippen LogP contribution in [0.5, 0.6) is 0 Å². The second-order valence-corrected chi connectivity index (χ2v) is 4.66. The lowest BCUT2D eigenvalue weighted by Gasteiger charge is -2.04. The number of benzene rings is 1. The van der Waals surface area contributed by atoms with Crippen LogP contribution in [-0.2, 0) is 11.2 Å². The van der Waals surface area contributed by atoms with Gasteiger partial charge in [0.15, 0.2) is 11.0 Å². The second-order valence-electron chi connectivity index (χ2n) is 4.28. The first-order valence-electron chi connectivity index (χ1n) is 5.98. The maximum Gasteiger partial charge on any atom is 0.225 e. The number of hydrogen-bond acceptors (Lipinski definition) is 3. The smallest absolute Gasteiger partial charge is 0.225 e. The average Bonchev–Trinajstić information content (AvgIpc) is 2.41. The number of nitrogens with zero attached hydrogens (tertiary/aromatic N) is 2. The van der Waals surface area contributed by atoms with Crippen molar-refractivity contribution in [1.29, 1.82) is 0 Å². The Kier molecular flexibility index (Phi) is 4.47. The maximum absolute atomic E-state index is 11.7. The van der Waals surface area contributed by atoms with Gasteiger partial charge in [0, 0.05) is 6.42 Å². The number of aromatic nitrogens is 2. The van der Waals surface area contributed by atoms with Crippen LogP contribution in [0.4, 0.5) is 5.82 Å². The molecule has 2 aromatic rings. The van der Waals surface area contributed by atoms with Gasteiger partial charge in [0.1, 0.15) is 0 Å². The van der Waals surface area contributed by atoms with Crippen molar-refractivity contribution >= 4 is 23.3 Å². The van der Waals surface area contributed by atoms with E-state index in [1.807, 2.05) is 31.2 Å². The van der Waals surface area contributed by atoms with Crippen molar-refractivity contribution in [3.05, 3.63) is 52.7 Å². The summed E-state index contributed by atoms with van der Waals surface area (Å²) in [6.07, 6.45) is 1.11. The second kappa shape index (κ2) is 6.29. The van der Waals surface area contributed by atoms with E-state index in [0.29, 0.717) is 23.8 Å². The van der Waals surface area contributed by atoms with Crippen molar-refractivity contribution in [2.24, 2.45) is 0 Å². The van der Waals surface area contributed by atoms with Crippen molar-refractivity contribution in [2.75, 3.05) is 5.32 Å². The molecule has 0 spiro atoms. The molecule has 0 aliphatic heterocycles. The van der Waals surface area contributed by atoms with Crippen molar-refractivity contribution < 1.29 is 4.79 Å². The van der Waals surface area contributed by atoms with Crippen LogP contribution < -0.4 is 5.32 Å². The Hall–Kier alpha value is -1.94. The predicted octanol–water partition coefficient (Wildman–Crippen LogP) is 3.01. The molecule has 1 heterocycles. The molecule has 1 amide bonds. The first-order valence-corrected chi connectivity index (χ1v) is 6.36. The molecule has 0 aliphatic carbocycles. The third kappa shape index (κ3) is 4.34. The number of nitrogens with one attached hydrogen (secondary N) is 1. The number of carbonyl (C=O) groups excluding carboxylic acids is 1. The number of carbonyl (C=O) groups is 1. The lowest BCUT2D eigenvalue weighted by Crippen LogP contribution is -2.13. The average molecular weight is 276 g/mol. The van der Waals surface area contributed by atoms with Crippen molar-refractivity contribution in [3.8, 4) is 0 Å². The van der Waals surface area contributed by atoms with Crippen LogP contribution in [0.25, 0.3) is 0 Å². The van der Waals surface area contributed by atoms with Crippen LogP contribution in [0.3, 0.4) is 0 Å². The molecule has 0 fully saturated rings. The Balaban J connectivity index is 1.84. The Bertz CT molecular complexity index is 552. The zero-order chi connectivity index (χ0) is 13.7. The topological polar surface area (TPSA) is 54.9 Å². The number of rotatable bonds is 4. The number of hydrogen-bond donors (Lipinski definition) is 1. The number of halogens is 1. The largest absolute Gasteiger partial charge is 0.309 e. The van der Waals surface area contributed by atoms with Crippen LogP contribution in [0.1, 0.15) is 17.5 Å². The molecule has 1 N–H and O–H groups in total. The van der Waals surface area contributed by atoms with Gasteiger partial charge in [-0.05, 0) is 31.0 Å². The molecular weight excluding hydrogens is 262 g/mol. The van der Waals surface area contributed by atoms with Gasteiger partial charge in [-0.25, -0.2) is 0 Å². The molecule has 5 heteroatoms. The van der Waals surface area contributed by atoms with E-state index in [9.17, 15) is 4.79 Å². The van der Waals surface area contributed by atoms with E-state index in [0.717, 1.165) is 5.56 Å². The molecular formula is C14H14ClN3O. The minimum atomic E-state index is -0.0859. The van der Waals surface area contributed by atoms with E-state index >= 15 is 0 Å². The van der Waals surface area contributed by atoms with Crippen molar-refractivity contribution in [2.45, 2.75) is 19.8 Å². The molecule has 1 aromatic carbocycles. The molecule has 98 valence electrons. The third-order valence-electron chi connectivity index (χ3n) is 2.66. The maximum atomic E-state index is 11.7. The minimum absolute atomic E-state index is 0.0859. The highest BCUT2D eigenvalue weighted by molar-refractivity contribution is 6.29. The van der Waals surface area contributed by atoms with Gasteiger partial charge < -0.3 is 5.32 Å². The summed E-state index contributed by atoms with van der Waals surface area (Å²) in [5.74, 6) is 0.329. The van der Waals surface area contributed by atoms with Crippen LogP contribution in [0, 0.1) is 6.92 Å². The Morgan fingerprint density at radius 1 is 1.16 bits per heavy atom. The highest BCUT2D eigenvalue weighted by Crippen LogP contribution is 2.09. The minimum Gasteiger partial charge on any atom is -0.309 e. The Morgan fingerprint density at radius 3 is 2.53 bits per heavy atom. The number of amides is 1. The zero-order valence-electron chi connectivity index (χ0n) is 10.6. The van der Waals surface area contributed by atoms with Crippen LogP contribution in [0.15, 0.2) is 36.4 Å². The van der Waals surface area contributed by atoms with Crippen molar-refractivity contribution in [1.82, 2.24) is 10.2 Å². The SMILES string of the molecule is Cc1ccc(CCC(=O)Nc2ccc(Cl)nn2)cc1. The zero-order valence-corrected chi connectivity index (χ0v) is 11.3. The highest BCUT2D eigenvalue weighted by atomic mass is 35.5. The van der Waals surface area contributed by atoms with Gasteiger partial charge in [0.05, 0.1) is 0 Å². The molecule has 19 heavy (non-hydrogen) atoms. The monoisotopic (exact) mass is 275 g/mol. The molecule has 1 aromatic heterocycles. The molecule has 2 rings (SSSR count). The lowest BCUT2D eigenvalue weighted by molar-refractivity contribution is -0.116. The van der Waals surface area contributed by atoms with E-state index in [-0.39, 0.29) is 5.91 Å². The van der Waals surface area contributed by atoms with E-state index in [2.05, 4.69) is 15.5 Å². The summed E-state index contributed by atoms with van der Waals surface area (Å²) in [5, 5.41) is 10.4. The molecule has 0 unspecified atom stereocenters. The van der Waals surface area contributed by atoms with E-state index in [1.165, 1.54) is 5.56 Å². The third-order valence-corrected chi connectivity index (χ3v) is 2.86. The van der Waals surface area contributed by atoms with E-state index in [1.54, 1.807) is 12.1 Å². The molecule has 0 saturated carbocycles. The normalized spacial score (nSPS) is 10.2. The first kappa shape index (κ1) is 13.5. The van der Waals surface area contributed by atoms with Gasteiger partial charge in [-0.1, -0.05) is 41.4 Å². The highest BCUT2D eigenvalue weighted by Gasteiger charge is 2.04. The molecule has 0 saturated heterocycles. The first-order chi connectivity index (χ1) is 9.13. The quantitative estimate of drug-likeness (QED) is 0.933. The Labute approximate surface area is 116 Å². The molecule has 0 bridgehead atoms. The summed E-state index contributed by atoms with van der Waals surface area (Å²) in [7, 11) is 0. The fraction of sp³-hybridized carbons (Fsp3) is 0.214. The van der Waals surface area contributed by atoms with E-state index in [4.69, 9.17) is 11.6 Å². The van der Waals surface area contributed by atoms with Crippen LogP contribution >= 0.6 is 11.6 Å². The molecule has 0 atom stereocenters. The Morgan fingerprint density at radius 2 is 1.89 bits per heavy atom. The number of anilines is 1. The molecule has 4 nitrogen and oxygen atoms in total. The van der Waals surface area contributed by atoms with E-state index < -0.39 is 0 Å². The van der Waals surface area contributed by atoms with Gasteiger partial charge in [-0.2, -0.15) is 0 Å². The van der Waals surface area contributed by atoms with Gasteiger partial charge in [-0.15, -0.1) is 10.2 Å². The standard InChI is InChI=1S/C14H14ClN3O/c1-10-2-4-11(5-3-10)6-9-14(19)16-13-8-7-12(15)17-18-13/h2-5,7-8H,6,9H2,1H3,(H,16,18,19). The van der Waals surface area contributed by atoms with Gasteiger partial charge in [-0.3, -0.25) is 4.79 Å². The summed E-state index contributed by atoms with van der Waals surface area (Å²) < 4.78 is 0. The van der Waals surface area contributed by atoms with Gasteiger partial charge in [0.2, 0.25) is 5.91 Å². The summed E-state index contributed by atoms with van der Waals surface area (Å²) in [6, 6.07) is 11.4. The fourth-order valence-corrected chi connectivity index (χ4v) is 1.70. The van der Waals surface area contributed by atoms with Gasteiger partial charge in [0.25, 0.3) is 0 Å². The summed E-state index contributed by atoms with van der Waals surface area (Å²) >= 11 is 5.62. The van der Waals surface area contributed by atoms with Crippen LogP contribution in [0.2, 0.25) is 5.15 Å². The predicted molar refractivity (Wildman–Crippen MR) is 75.2 cm³/mol. The molecule has 0 aliphatic rings. The summed E-state index contributed by atoms with van der Waals surface area (Å²) in [4.78, 5) is 11.7. The summed E-state index contributed by atoms with van der Waals surface area (Å²) in [6.45, 7) is 2.04. The summed E-state index contributed by atoms with van der Waals surface area (Å²) in [5.41, 5.74) is 2.35. The van der Waals surface area contributed by atoms with Crippen molar-refractivity contribution in [3.63, 3.8) is 0 Å².